The lowest BCUT2D eigenvalue weighted by atomic mass is 10.2. The third-order valence-electron chi connectivity index (χ3n) is 4.99. The van der Waals surface area contributed by atoms with Crippen molar-refractivity contribution in [3.8, 4) is 0 Å². The van der Waals surface area contributed by atoms with E-state index in [-0.39, 0.29) is 6.54 Å². The SMILES string of the molecule is Cc1ccc(/C=C/S(=O)(=O)NCC(=O)Nc2ccc3nc(N4CCCC4)sc3c2)cc1. The molecule has 9 heteroatoms. The summed E-state index contributed by atoms with van der Waals surface area (Å²) in [5.41, 5.74) is 3.38. The summed E-state index contributed by atoms with van der Waals surface area (Å²) in [5.74, 6) is -0.434. The number of sulfonamides is 1. The van der Waals surface area contributed by atoms with E-state index in [4.69, 9.17) is 0 Å². The number of carbonyl (C=O) groups is 1. The summed E-state index contributed by atoms with van der Waals surface area (Å²) in [6.07, 6.45) is 3.87. The summed E-state index contributed by atoms with van der Waals surface area (Å²) in [5, 5.41) is 4.81. The fourth-order valence-corrected chi connectivity index (χ4v) is 5.12. The molecule has 162 valence electrons. The minimum atomic E-state index is -3.72. The Bertz CT molecular complexity index is 1210. The van der Waals surface area contributed by atoms with Crippen LogP contribution in [0.15, 0.2) is 47.9 Å². The molecule has 0 atom stereocenters. The summed E-state index contributed by atoms with van der Waals surface area (Å²) in [6.45, 7) is 3.67. The molecule has 2 aromatic carbocycles. The average Bonchev–Trinajstić information content (AvgIpc) is 3.41. The van der Waals surface area contributed by atoms with Gasteiger partial charge in [-0.3, -0.25) is 4.79 Å². The topological polar surface area (TPSA) is 91.4 Å². The monoisotopic (exact) mass is 456 g/mol. The first kappa shape index (κ1) is 21.5. The van der Waals surface area contributed by atoms with Gasteiger partial charge < -0.3 is 10.2 Å². The minimum absolute atomic E-state index is 0.347. The standard InChI is InChI=1S/C22H24N4O3S2/c1-16-4-6-17(7-5-16)10-13-31(28,29)23-15-21(27)24-18-8-9-19-20(14-18)30-22(25-19)26-11-2-3-12-26/h4-10,13-14,23H,2-3,11-12,15H2,1H3,(H,24,27)/b13-10+. The van der Waals surface area contributed by atoms with E-state index in [2.05, 4.69) is 19.9 Å². The largest absolute Gasteiger partial charge is 0.348 e. The van der Waals surface area contributed by atoms with Gasteiger partial charge in [-0.1, -0.05) is 41.2 Å². The molecule has 7 nitrogen and oxygen atoms in total. The number of thiazole rings is 1. The maximum atomic E-state index is 12.2. The highest BCUT2D eigenvalue weighted by molar-refractivity contribution is 7.92. The quantitative estimate of drug-likeness (QED) is 0.565. The zero-order valence-corrected chi connectivity index (χ0v) is 18.8. The Balaban J connectivity index is 1.34. The van der Waals surface area contributed by atoms with Crippen molar-refractivity contribution in [1.82, 2.24) is 9.71 Å². The molecular weight excluding hydrogens is 432 g/mol. The first-order valence-electron chi connectivity index (χ1n) is 10.1. The zero-order valence-electron chi connectivity index (χ0n) is 17.2. The molecule has 3 aromatic rings. The van der Waals surface area contributed by atoms with Crippen molar-refractivity contribution in [2.75, 3.05) is 29.9 Å². The van der Waals surface area contributed by atoms with Crippen molar-refractivity contribution >= 4 is 54.4 Å². The summed E-state index contributed by atoms with van der Waals surface area (Å²) in [6, 6.07) is 13.0. The van der Waals surface area contributed by atoms with E-state index < -0.39 is 15.9 Å². The number of carbonyl (C=O) groups excluding carboxylic acids is 1. The molecule has 0 saturated carbocycles. The van der Waals surface area contributed by atoms with Crippen molar-refractivity contribution in [3.63, 3.8) is 0 Å². The highest BCUT2D eigenvalue weighted by atomic mass is 32.2. The lowest BCUT2D eigenvalue weighted by Crippen LogP contribution is -2.31. The van der Waals surface area contributed by atoms with Crippen LogP contribution in [0.5, 0.6) is 0 Å². The molecule has 1 aromatic heterocycles. The van der Waals surface area contributed by atoms with Gasteiger partial charge in [-0.2, -0.15) is 0 Å². The highest BCUT2D eigenvalue weighted by Gasteiger charge is 2.16. The maximum absolute atomic E-state index is 12.2. The van der Waals surface area contributed by atoms with Gasteiger partial charge in [0.05, 0.1) is 16.8 Å². The number of benzene rings is 2. The Morgan fingerprint density at radius 1 is 1.16 bits per heavy atom. The van der Waals surface area contributed by atoms with E-state index in [1.807, 2.05) is 43.3 Å². The Morgan fingerprint density at radius 2 is 1.90 bits per heavy atom. The van der Waals surface area contributed by atoms with Gasteiger partial charge in [-0.25, -0.2) is 18.1 Å². The predicted octanol–water partition coefficient (Wildman–Crippen LogP) is 3.73. The molecular formula is C22H24N4O3S2. The van der Waals surface area contributed by atoms with Crippen molar-refractivity contribution in [2.45, 2.75) is 19.8 Å². The number of rotatable bonds is 7. The van der Waals surface area contributed by atoms with Crippen LogP contribution in [0.4, 0.5) is 10.8 Å². The molecule has 2 heterocycles. The lowest BCUT2D eigenvalue weighted by Gasteiger charge is -2.11. The summed E-state index contributed by atoms with van der Waals surface area (Å²) in [4.78, 5) is 19.2. The van der Waals surface area contributed by atoms with Crippen LogP contribution in [0.25, 0.3) is 16.3 Å². The molecule has 1 amide bonds. The van der Waals surface area contributed by atoms with Gasteiger partial charge in [0.25, 0.3) is 0 Å². The van der Waals surface area contributed by atoms with Gasteiger partial charge in [-0.15, -0.1) is 0 Å². The van der Waals surface area contributed by atoms with E-state index in [0.29, 0.717) is 5.69 Å². The van der Waals surface area contributed by atoms with E-state index in [1.54, 1.807) is 17.4 Å². The molecule has 2 N–H and O–H groups in total. The molecule has 0 radical (unpaired) electrons. The number of hydrogen-bond donors (Lipinski definition) is 2. The van der Waals surface area contributed by atoms with Crippen LogP contribution in [-0.2, 0) is 14.8 Å². The molecule has 0 aliphatic carbocycles. The van der Waals surface area contributed by atoms with Crippen LogP contribution in [0.3, 0.4) is 0 Å². The second kappa shape index (κ2) is 9.17. The number of aromatic nitrogens is 1. The van der Waals surface area contributed by atoms with Crippen LogP contribution in [-0.4, -0.2) is 38.9 Å². The molecule has 1 saturated heterocycles. The first-order chi connectivity index (χ1) is 14.9. The van der Waals surface area contributed by atoms with Crippen molar-refractivity contribution in [3.05, 3.63) is 59.0 Å². The van der Waals surface area contributed by atoms with Gasteiger partial charge >= 0.3 is 0 Å². The number of hydrogen-bond acceptors (Lipinski definition) is 6. The number of nitrogens with zero attached hydrogens (tertiary/aromatic N) is 2. The molecule has 0 unspecified atom stereocenters. The zero-order chi connectivity index (χ0) is 21.8. The van der Waals surface area contributed by atoms with Gasteiger partial charge in [0.2, 0.25) is 15.9 Å². The molecule has 1 aliphatic rings. The number of anilines is 2. The average molecular weight is 457 g/mol. The van der Waals surface area contributed by atoms with Crippen LogP contribution in [0.2, 0.25) is 0 Å². The minimum Gasteiger partial charge on any atom is -0.348 e. The Kier molecular flexibility index (Phi) is 6.35. The molecule has 1 aliphatic heterocycles. The number of fused-ring (bicyclic) bond motifs is 1. The number of amides is 1. The van der Waals surface area contributed by atoms with E-state index in [9.17, 15) is 13.2 Å². The van der Waals surface area contributed by atoms with Gasteiger partial charge in [0.1, 0.15) is 0 Å². The summed E-state index contributed by atoms with van der Waals surface area (Å²) in [7, 11) is -3.72. The Labute approximate surface area is 185 Å². The van der Waals surface area contributed by atoms with Crippen LogP contribution in [0, 0.1) is 6.92 Å². The lowest BCUT2D eigenvalue weighted by molar-refractivity contribution is -0.115. The maximum Gasteiger partial charge on any atom is 0.239 e. The smallest absolute Gasteiger partial charge is 0.239 e. The highest BCUT2D eigenvalue weighted by Crippen LogP contribution is 2.32. The van der Waals surface area contributed by atoms with E-state index in [0.717, 1.165) is 45.0 Å². The molecule has 0 spiro atoms. The third-order valence-corrected chi connectivity index (χ3v) is 7.11. The van der Waals surface area contributed by atoms with E-state index >= 15 is 0 Å². The summed E-state index contributed by atoms with van der Waals surface area (Å²) >= 11 is 1.60. The predicted molar refractivity (Wildman–Crippen MR) is 127 cm³/mol. The summed E-state index contributed by atoms with van der Waals surface area (Å²) < 4.78 is 27.6. The van der Waals surface area contributed by atoms with Gasteiger partial charge in [0, 0.05) is 24.2 Å². The molecule has 4 rings (SSSR count). The van der Waals surface area contributed by atoms with Gasteiger partial charge in [-0.05, 0) is 49.6 Å². The van der Waals surface area contributed by atoms with Crippen molar-refractivity contribution in [1.29, 1.82) is 0 Å². The van der Waals surface area contributed by atoms with Crippen molar-refractivity contribution < 1.29 is 13.2 Å². The Morgan fingerprint density at radius 3 is 2.65 bits per heavy atom. The first-order valence-corrected chi connectivity index (χ1v) is 12.4. The normalized spacial score (nSPS) is 14.5. The fourth-order valence-electron chi connectivity index (χ4n) is 3.30. The van der Waals surface area contributed by atoms with Crippen LogP contribution < -0.4 is 14.9 Å². The van der Waals surface area contributed by atoms with Gasteiger partial charge in [0.15, 0.2) is 5.13 Å². The second-order valence-corrected chi connectivity index (χ2v) is 10.2. The number of nitrogens with one attached hydrogen (secondary N) is 2. The Hall–Kier alpha value is -2.75. The molecule has 1 fully saturated rings. The molecule has 31 heavy (non-hydrogen) atoms. The van der Waals surface area contributed by atoms with Crippen LogP contribution >= 0.6 is 11.3 Å². The van der Waals surface area contributed by atoms with Crippen LogP contribution in [0.1, 0.15) is 24.0 Å². The second-order valence-electron chi connectivity index (χ2n) is 7.50. The molecule has 0 bridgehead atoms. The van der Waals surface area contributed by atoms with E-state index in [1.165, 1.54) is 18.9 Å². The van der Waals surface area contributed by atoms with Crippen molar-refractivity contribution in [2.24, 2.45) is 0 Å². The third kappa shape index (κ3) is 5.69. The fraction of sp³-hybridized carbons (Fsp3) is 0.273. The number of aryl methyl sites for hydroxylation is 1.